The Morgan fingerprint density at radius 1 is 1.21 bits per heavy atom. The van der Waals surface area contributed by atoms with Gasteiger partial charge < -0.3 is 4.90 Å². The first-order chi connectivity index (χ1) is 11.4. The van der Waals surface area contributed by atoms with Gasteiger partial charge in [-0.2, -0.15) is 0 Å². The number of rotatable bonds is 5. The molecule has 4 heteroatoms. The van der Waals surface area contributed by atoms with Crippen LogP contribution < -0.4 is 0 Å². The Labute approximate surface area is 146 Å². The molecule has 0 aromatic heterocycles. The number of nitrogens with zero attached hydrogens (tertiary/aromatic N) is 1. The van der Waals surface area contributed by atoms with Crippen LogP contribution in [0.15, 0.2) is 24.3 Å². The molecule has 0 N–H and O–H groups in total. The van der Waals surface area contributed by atoms with E-state index in [1.807, 2.05) is 0 Å². The average Bonchev–Trinajstić information content (AvgIpc) is 2.80. The zero-order valence-corrected chi connectivity index (χ0v) is 15.5. The minimum Gasteiger partial charge on any atom is -0.302 e. The topological polar surface area (TPSA) is 37.4 Å². The van der Waals surface area contributed by atoms with E-state index in [1.165, 1.54) is 30.4 Å². The molecule has 2 aliphatic heterocycles. The Hall–Kier alpha value is -0.870. The number of benzene rings is 1. The van der Waals surface area contributed by atoms with Gasteiger partial charge in [0.15, 0.2) is 9.84 Å². The van der Waals surface area contributed by atoms with Crippen LogP contribution in [0, 0.1) is 11.3 Å². The highest BCUT2D eigenvalue weighted by atomic mass is 32.2. The van der Waals surface area contributed by atoms with Crippen LogP contribution in [-0.4, -0.2) is 44.5 Å². The zero-order valence-electron chi connectivity index (χ0n) is 14.7. The number of likely N-dealkylation sites (tertiary alicyclic amines) is 1. The van der Waals surface area contributed by atoms with Crippen molar-refractivity contribution >= 4 is 9.84 Å². The highest BCUT2D eigenvalue weighted by Crippen LogP contribution is 2.41. The Balaban J connectivity index is 1.27. The van der Waals surface area contributed by atoms with Crippen molar-refractivity contribution in [1.29, 1.82) is 0 Å². The first-order valence-electron chi connectivity index (χ1n) is 9.45. The van der Waals surface area contributed by atoms with Crippen molar-refractivity contribution in [2.45, 2.75) is 44.9 Å². The molecule has 24 heavy (non-hydrogen) atoms. The van der Waals surface area contributed by atoms with E-state index in [0.29, 0.717) is 17.4 Å². The fraction of sp³-hybridized carbons (Fsp3) is 0.700. The lowest BCUT2D eigenvalue weighted by Gasteiger charge is -2.37. The molecule has 3 aliphatic rings. The molecule has 1 aliphatic carbocycles. The van der Waals surface area contributed by atoms with Gasteiger partial charge in [-0.15, -0.1) is 0 Å². The summed E-state index contributed by atoms with van der Waals surface area (Å²) < 4.78 is 23.0. The highest BCUT2D eigenvalue weighted by molar-refractivity contribution is 7.92. The molecular weight excluding hydrogens is 318 g/mol. The molecular formula is C20H29NO2S. The smallest absolute Gasteiger partial charge is 0.151 e. The lowest BCUT2D eigenvalue weighted by Crippen LogP contribution is -2.50. The third kappa shape index (κ3) is 3.41. The first-order valence-corrected chi connectivity index (χ1v) is 11.3. The Kier molecular flexibility index (Phi) is 4.24. The second kappa shape index (κ2) is 6.14. The van der Waals surface area contributed by atoms with Crippen LogP contribution in [0.5, 0.6) is 0 Å². The summed E-state index contributed by atoms with van der Waals surface area (Å²) >= 11 is 0. The third-order valence-electron chi connectivity index (χ3n) is 6.28. The zero-order chi connectivity index (χ0) is 16.8. The normalized spacial score (nSPS) is 26.9. The van der Waals surface area contributed by atoms with Crippen LogP contribution in [0.2, 0.25) is 0 Å². The van der Waals surface area contributed by atoms with Gasteiger partial charge in [-0.05, 0) is 55.2 Å². The minimum absolute atomic E-state index is 0.100. The van der Waals surface area contributed by atoms with Gasteiger partial charge in [-0.3, -0.25) is 0 Å². The molecule has 1 atom stereocenters. The molecule has 4 rings (SSSR count). The maximum Gasteiger partial charge on any atom is 0.151 e. The van der Waals surface area contributed by atoms with Crippen molar-refractivity contribution in [1.82, 2.24) is 4.90 Å². The fourth-order valence-electron chi connectivity index (χ4n) is 4.89. The summed E-state index contributed by atoms with van der Waals surface area (Å²) in [6.07, 6.45) is 6.30. The molecule has 1 spiro atoms. The van der Waals surface area contributed by atoms with Crippen LogP contribution in [0.4, 0.5) is 0 Å². The standard InChI is InChI=1S/C20H29NO2S/c1-16(11-17-5-7-19(8-6-17)18-3-2-4-18)12-21-10-9-20(13-21)14-24(22,23)15-20/h5-8,16,18H,2-4,9-15H2,1H3/t16-/m1/s1. The summed E-state index contributed by atoms with van der Waals surface area (Å²) in [5.74, 6) is 2.28. The van der Waals surface area contributed by atoms with Gasteiger partial charge in [-0.25, -0.2) is 8.42 Å². The molecule has 1 aromatic carbocycles. The van der Waals surface area contributed by atoms with E-state index in [2.05, 4.69) is 36.1 Å². The van der Waals surface area contributed by atoms with Gasteiger partial charge >= 0.3 is 0 Å². The van der Waals surface area contributed by atoms with Gasteiger partial charge in [-0.1, -0.05) is 37.6 Å². The molecule has 3 fully saturated rings. The lowest BCUT2D eigenvalue weighted by atomic mass is 9.80. The summed E-state index contributed by atoms with van der Waals surface area (Å²) in [4.78, 5) is 2.49. The molecule has 0 bridgehead atoms. The second-order valence-electron chi connectivity index (χ2n) is 8.70. The number of hydrogen-bond donors (Lipinski definition) is 0. The monoisotopic (exact) mass is 347 g/mol. The Morgan fingerprint density at radius 2 is 1.92 bits per heavy atom. The largest absolute Gasteiger partial charge is 0.302 e. The SMILES string of the molecule is C[C@H](Cc1ccc(C2CCC2)cc1)CN1CCC2(C1)CS(=O)(=O)C2. The van der Waals surface area contributed by atoms with E-state index >= 15 is 0 Å². The summed E-state index contributed by atoms with van der Waals surface area (Å²) in [6, 6.07) is 9.29. The van der Waals surface area contributed by atoms with Crippen molar-refractivity contribution in [2.75, 3.05) is 31.1 Å². The minimum atomic E-state index is -2.71. The third-order valence-corrected chi connectivity index (χ3v) is 8.38. The number of sulfone groups is 1. The number of hydrogen-bond acceptors (Lipinski definition) is 3. The maximum atomic E-state index is 11.5. The van der Waals surface area contributed by atoms with E-state index in [1.54, 1.807) is 0 Å². The van der Waals surface area contributed by atoms with Crippen LogP contribution >= 0.6 is 0 Å². The van der Waals surface area contributed by atoms with Crippen molar-refractivity contribution in [2.24, 2.45) is 11.3 Å². The first kappa shape index (κ1) is 16.6. The quantitative estimate of drug-likeness (QED) is 0.820. The molecule has 1 aromatic rings. The average molecular weight is 348 g/mol. The molecule has 0 radical (unpaired) electrons. The van der Waals surface area contributed by atoms with Crippen LogP contribution in [0.1, 0.15) is 49.7 Å². The van der Waals surface area contributed by atoms with Crippen LogP contribution in [0.3, 0.4) is 0 Å². The van der Waals surface area contributed by atoms with Gasteiger partial charge in [0.1, 0.15) is 0 Å². The van der Waals surface area contributed by atoms with Gasteiger partial charge in [0.2, 0.25) is 0 Å². The molecule has 2 heterocycles. The van der Waals surface area contributed by atoms with E-state index in [-0.39, 0.29) is 5.41 Å². The van der Waals surface area contributed by atoms with E-state index in [0.717, 1.165) is 38.4 Å². The summed E-state index contributed by atoms with van der Waals surface area (Å²) in [5.41, 5.74) is 3.05. The van der Waals surface area contributed by atoms with Gasteiger partial charge in [0, 0.05) is 18.5 Å². The van der Waals surface area contributed by atoms with E-state index in [4.69, 9.17) is 0 Å². The second-order valence-corrected chi connectivity index (χ2v) is 10.8. The maximum absolute atomic E-state index is 11.5. The predicted octanol–water partition coefficient (Wildman–Crippen LogP) is 3.25. The molecule has 132 valence electrons. The summed E-state index contributed by atoms with van der Waals surface area (Å²) in [6.45, 7) is 5.46. The summed E-state index contributed by atoms with van der Waals surface area (Å²) in [5, 5.41) is 0. The molecule has 0 unspecified atom stereocenters. The Morgan fingerprint density at radius 3 is 2.50 bits per heavy atom. The van der Waals surface area contributed by atoms with E-state index < -0.39 is 9.84 Å². The Bertz CT molecular complexity index is 679. The van der Waals surface area contributed by atoms with Crippen molar-refractivity contribution < 1.29 is 8.42 Å². The molecule has 1 saturated carbocycles. The highest BCUT2D eigenvalue weighted by Gasteiger charge is 2.51. The van der Waals surface area contributed by atoms with E-state index in [9.17, 15) is 8.42 Å². The van der Waals surface area contributed by atoms with Crippen molar-refractivity contribution in [3.8, 4) is 0 Å². The fourth-order valence-corrected chi connectivity index (χ4v) is 7.14. The molecule has 0 amide bonds. The summed E-state index contributed by atoms with van der Waals surface area (Å²) in [7, 11) is -2.71. The lowest BCUT2D eigenvalue weighted by molar-refractivity contribution is 0.249. The van der Waals surface area contributed by atoms with Gasteiger partial charge in [0.05, 0.1) is 11.5 Å². The van der Waals surface area contributed by atoms with Crippen LogP contribution in [0.25, 0.3) is 0 Å². The van der Waals surface area contributed by atoms with Crippen molar-refractivity contribution in [3.05, 3.63) is 35.4 Å². The van der Waals surface area contributed by atoms with Crippen LogP contribution in [-0.2, 0) is 16.3 Å². The van der Waals surface area contributed by atoms with Gasteiger partial charge in [0.25, 0.3) is 0 Å². The predicted molar refractivity (Wildman–Crippen MR) is 98.0 cm³/mol. The van der Waals surface area contributed by atoms with Crippen molar-refractivity contribution in [3.63, 3.8) is 0 Å². The molecule has 2 saturated heterocycles. The molecule has 3 nitrogen and oxygen atoms in total.